The molecule has 0 aliphatic carbocycles. The molecule has 0 saturated carbocycles. The molecule has 0 fully saturated rings. The molecule has 152 valence electrons. The Balaban J connectivity index is 1.67. The van der Waals surface area contributed by atoms with E-state index in [0.717, 1.165) is 33.1 Å². The van der Waals surface area contributed by atoms with Gasteiger partial charge in [0, 0.05) is 23.9 Å². The average molecular weight is 461 g/mol. The van der Waals surface area contributed by atoms with Crippen LogP contribution in [0.5, 0.6) is 0 Å². The Morgan fingerprint density at radius 1 is 1.17 bits per heavy atom. The highest BCUT2D eigenvalue weighted by molar-refractivity contribution is 7.92. The van der Waals surface area contributed by atoms with Crippen molar-refractivity contribution in [2.75, 3.05) is 4.72 Å². The van der Waals surface area contributed by atoms with E-state index in [9.17, 15) is 18.5 Å². The lowest BCUT2D eigenvalue weighted by Gasteiger charge is -2.12. The molecule has 0 aliphatic rings. The van der Waals surface area contributed by atoms with Crippen LogP contribution in [0, 0.1) is 17.0 Å². The summed E-state index contributed by atoms with van der Waals surface area (Å²) in [6.45, 7) is 1.75. The highest BCUT2D eigenvalue weighted by atomic mass is 35.5. The van der Waals surface area contributed by atoms with Crippen molar-refractivity contribution in [1.82, 2.24) is 9.97 Å². The molecule has 0 amide bonds. The number of aryl methyl sites for hydroxylation is 1. The Morgan fingerprint density at radius 3 is 2.67 bits per heavy atom. The third kappa shape index (κ3) is 3.84. The van der Waals surface area contributed by atoms with Crippen molar-refractivity contribution in [3.63, 3.8) is 0 Å². The second-order valence-corrected chi connectivity index (χ2v) is 9.39. The normalized spacial score (nSPS) is 11.5. The molecule has 4 rings (SSSR count). The molecule has 8 nitrogen and oxygen atoms in total. The Bertz CT molecular complexity index is 1370. The number of sulfonamides is 1. The lowest BCUT2D eigenvalue weighted by atomic mass is 10.1. The van der Waals surface area contributed by atoms with E-state index < -0.39 is 14.9 Å². The lowest BCUT2D eigenvalue weighted by molar-refractivity contribution is -0.385. The van der Waals surface area contributed by atoms with Gasteiger partial charge in [-0.05, 0) is 48.9 Å². The van der Waals surface area contributed by atoms with Crippen LogP contribution in [0.15, 0.2) is 59.6 Å². The van der Waals surface area contributed by atoms with Crippen LogP contribution in [0.1, 0.15) is 5.56 Å². The summed E-state index contributed by atoms with van der Waals surface area (Å²) >= 11 is 7.42. The molecule has 1 N–H and O–H groups in total. The first-order valence-electron chi connectivity index (χ1n) is 8.54. The number of nitro groups is 1. The number of anilines is 1. The highest BCUT2D eigenvalue weighted by Crippen LogP contribution is 2.33. The highest BCUT2D eigenvalue weighted by Gasteiger charge is 2.22. The number of nitrogens with zero attached hydrogens (tertiary/aromatic N) is 3. The number of rotatable bonds is 5. The minimum Gasteiger partial charge on any atom is -0.279 e. The van der Waals surface area contributed by atoms with Gasteiger partial charge in [0.15, 0.2) is 0 Å². The Morgan fingerprint density at radius 2 is 1.97 bits per heavy atom. The van der Waals surface area contributed by atoms with Crippen LogP contribution in [0.2, 0.25) is 5.02 Å². The predicted octanol–water partition coefficient (Wildman–Crippen LogP) is 5.03. The molecular formula is C19H13ClN4O4S2. The summed E-state index contributed by atoms with van der Waals surface area (Å²) in [7, 11) is -4.13. The summed E-state index contributed by atoms with van der Waals surface area (Å²) in [5.41, 5.74) is 2.24. The number of benzene rings is 2. The third-order valence-corrected chi connectivity index (χ3v) is 7.17. The van der Waals surface area contributed by atoms with Crippen molar-refractivity contribution >= 4 is 54.7 Å². The van der Waals surface area contributed by atoms with E-state index in [2.05, 4.69) is 14.7 Å². The number of hydrogen-bond acceptors (Lipinski definition) is 7. The number of nitro benzene ring substituents is 1. The molecule has 0 bridgehead atoms. The van der Waals surface area contributed by atoms with E-state index in [1.807, 2.05) is 18.2 Å². The first kappa shape index (κ1) is 20.2. The van der Waals surface area contributed by atoms with Gasteiger partial charge in [-0.25, -0.2) is 18.4 Å². The number of thiazole rings is 1. The molecule has 0 saturated heterocycles. The van der Waals surface area contributed by atoms with E-state index in [4.69, 9.17) is 11.6 Å². The molecule has 2 aromatic heterocycles. The molecule has 11 heteroatoms. The minimum atomic E-state index is -4.13. The van der Waals surface area contributed by atoms with Crippen LogP contribution < -0.4 is 4.72 Å². The summed E-state index contributed by atoms with van der Waals surface area (Å²) in [4.78, 5) is 19.6. The monoisotopic (exact) mass is 460 g/mol. The fourth-order valence-corrected chi connectivity index (χ4v) is 5.37. The third-order valence-electron chi connectivity index (χ3n) is 4.30. The number of non-ortho nitro benzene ring substituents is 1. The Labute approximate surface area is 180 Å². The Hall–Kier alpha value is -3.08. The van der Waals surface area contributed by atoms with Crippen LogP contribution >= 0.6 is 22.9 Å². The van der Waals surface area contributed by atoms with Crippen LogP contribution in [0.3, 0.4) is 0 Å². The summed E-state index contributed by atoms with van der Waals surface area (Å²) in [6.07, 6.45) is 1.70. The van der Waals surface area contributed by atoms with Crippen LogP contribution in [0.25, 0.3) is 20.9 Å². The maximum absolute atomic E-state index is 12.8. The zero-order valence-corrected chi connectivity index (χ0v) is 17.8. The number of pyridine rings is 1. The number of hydrogen-bond donors (Lipinski definition) is 1. The van der Waals surface area contributed by atoms with Gasteiger partial charge in [-0.3, -0.25) is 14.8 Å². The van der Waals surface area contributed by atoms with E-state index >= 15 is 0 Å². The van der Waals surface area contributed by atoms with Crippen LogP contribution in [-0.2, 0) is 10.0 Å². The number of fused-ring (bicyclic) bond motifs is 1. The van der Waals surface area contributed by atoms with Gasteiger partial charge in [-0.15, -0.1) is 0 Å². The molecule has 0 aliphatic heterocycles. The number of nitrogens with one attached hydrogen (secondary N) is 1. The Kier molecular flexibility index (Phi) is 5.14. The first-order chi connectivity index (χ1) is 14.2. The fraction of sp³-hybridized carbons (Fsp3) is 0.0526. The standard InChI is InChI=1S/C19H13ClN4O4S2/c1-11-9-12(18-22-16-3-2-8-21-19(16)29-18)4-7-15(11)23-30(27,28)17-10-13(24(25)26)5-6-14(17)20/h2-10,23H,1H3. The van der Waals surface area contributed by atoms with Crippen molar-refractivity contribution < 1.29 is 13.3 Å². The summed E-state index contributed by atoms with van der Waals surface area (Å²) in [5, 5.41) is 11.6. The quantitative estimate of drug-likeness (QED) is 0.330. The second-order valence-electron chi connectivity index (χ2n) is 6.35. The van der Waals surface area contributed by atoms with Gasteiger partial charge in [0.25, 0.3) is 15.7 Å². The minimum absolute atomic E-state index is 0.107. The molecule has 0 unspecified atom stereocenters. The first-order valence-corrected chi connectivity index (χ1v) is 11.2. The molecule has 2 heterocycles. The molecule has 0 atom stereocenters. The van der Waals surface area contributed by atoms with Crippen LogP contribution in [0.4, 0.5) is 11.4 Å². The summed E-state index contributed by atoms with van der Waals surface area (Å²) in [6, 6.07) is 12.1. The van der Waals surface area contributed by atoms with Crippen molar-refractivity contribution in [2.24, 2.45) is 0 Å². The van der Waals surface area contributed by atoms with Gasteiger partial charge in [-0.2, -0.15) is 0 Å². The topological polar surface area (TPSA) is 115 Å². The predicted molar refractivity (Wildman–Crippen MR) is 117 cm³/mol. The van der Waals surface area contributed by atoms with Gasteiger partial charge in [0.05, 0.1) is 15.6 Å². The maximum atomic E-state index is 12.8. The molecule has 30 heavy (non-hydrogen) atoms. The second kappa shape index (κ2) is 7.63. The molecule has 2 aromatic carbocycles. The molecular weight excluding hydrogens is 448 g/mol. The van der Waals surface area contributed by atoms with Crippen molar-refractivity contribution in [3.8, 4) is 10.6 Å². The molecule has 0 spiro atoms. The smallest absolute Gasteiger partial charge is 0.270 e. The van der Waals surface area contributed by atoms with Crippen LogP contribution in [-0.4, -0.2) is 23.3 Å². The molecule has 4 aromatic rings. The zero-order chi connectivity index (χ0) is 21.5. The summed E-state index contributed by atoms with van der Waals surface area (Å²) < 4.78 is 28.0. The van der Waals surface area contributed by atoms with Crippen molar-refractivity contribution in [2.45, 2.75) is 11.8 Å². The fourth-order valence-electron chi connectivity index (χ4n) is 2.82. The van der Waals surface area contributed by atoms with Gasteiger partial charge in [-0.1, -0.05) is 22.9 Å². The van der Waals surface area contributed by atoms with Gasteiger partial charge in [0.1, 0.15) is 20.3 Å². The number of aromatic nitrogens is 2. The van der Waals surface area contributed by atoms with E-state index in [0.29, 0.717) is 11.3 Å². The maximum Gasteiger partial charge on any atom is 0.270 e. The van der Waals surface area contributed by atoms with Gasteiger partial charge < -0.3 is 0 Å². The molecule has 0 radical (unpaired) electrons. The van der Waals surface area contributed by atoms with Crippen molar-refractivity contribution in [1.29, 1.82) is 0 Å². The van der Waals surface area contributed by atoms with Crippen molar-refractivity contribution in [3.05, 3.63) is 75.4 Å². The number of halogens is 1. The van der Waals surface area contributed by atoms with E-state index in [1.54, 1.807) is 25.3 Å². The lowest BCUT2D eigenvalue weighted by Crippen LogP contribution is -2.14. The SMILES string of the molecule is Cc1cc(-c2nc3cccnc3s2)ccc1NS(=O)(=O)c1cc([N+](=O)[O-])ccc1Cl. The van der Waals surface area contributed by atoms with Gasteiger partial charge >= 0.3 is 0 Å². The van der Waals surface area contributed by atoms with Gasteiger partial charge in [0.2, 0.25) is 0 Å². The van der Waals surface area contributed by atoms with E-state index in [-0.39, 0.29) is 15.6 Å². The average Bonchev–Trinajstić information content (AvgIpc) is 3.13. The largest absolute Gasteiger partial charge is 0.279 e. The van der Waals surface area contributed by atoms with E-state index in [1.165, 1.54) is 17.4 Å². The summed E-state index contributed by atoms with van der Waals surface area (Å²) in [5.74, 6) is 0. The zero-order valence-electron chi connectivity index (χ0n) is 15.4.